The molecule has 2 aliphatic rings. The Morgan fingerprint density at radius 3 is 2.35 bits per heavy atom. The van der Waals surface area contributed by atoms with Crippen molar-refractivity contribution in [3.05, 3.63) is 35.9 Å². The van der Waals surface area contributed by atoms with Crippen molar-refractivity contribution >= 4 is 5.78 Å². The highest BCUT2D eigenvalue weighted by Gasteiger charge is 2.54. The second-order valence-electron chi connectivity index (χ2n) is 4.83. The van der Waals surface area contributed by atoms with E-state index in [1.165, 1.54) is 5.56 Å². The molecule has 1 aromatic carbocycles. The van der Waals surface area contributed by atoms with Crippen molar-refractivity contribution in [2.24, 2.45) is 17.1 Å². The predicted molar refractivity (Wildman–Crippen MR) is 66.8 cm³/mol. The summed E-state index contributed by atoms with van der Waals surface area (Å²) in [4.78, 5) is 14.0. The standard InChI is InChI=1S/C13H15NO.H4N2/c15-12-9-14(10-13(12)6-7-13)8-11-4-2-1-3-5-11;1-2/h1-5H,6-10H2;1-2H2. The van der Waals surface area contributed by atoms with Gasteiger partial charge in [0, 0.05) is 18.5 Å². The minimum atomic E-state index is 0.0920. The van der Waals surface area contributed by atoms with Crippen LogP contribution in [-0.4, -0.2) is 23.8 Å². The molecule has 1 saturated carbocycles. The van der Waals surface area contributed by atoms with Crippen molar-refractivity contribution in [2.45, 2.75) is 19.4 Å². The Morgan fingerprint density at radius 2 is 1.82 bits per heavy atom. The zero-order valence-electron chi connectivity index (χ0n) is 9.93. The Balaban J connectivity index is 0.000000514. The van der Waals surface area contributed by atoms with Crippen LogP contribution in [0.5, 0.6) is 0 Å². The van der Waals surface area contributed by atoms with Gasteiger partial charge in [0.2, 0.25) is 0 Å². The first-order valence-corrected chi connectivity index (χ1v) is 5.91. The molecule has 1 spiro atoms. The zero-order valence-corrected chi connectivity index (χ0v) is 9.93. The van der Waals surface area contributed by atoms with Crippen molar-refractivity contribution < 1.29 is 4.79 Å². The summed E-state index contributed by atoms with van der Waals surface area (Å²) in [5.41, 5.74) is 1.40. The van der Waals surface area contributed by atoms with E-state index in [1.807, 2.05) is 6.07 Å². The summed E-state index contributed by atoms with van der Waals surface area (Å²) in [6.07, 6.45) is 2.24. The lowest BCUT2D eigenvalue weighted by molar-refractivity contribution is -0.120. The summed E-state index contributed by atoms with van der Waals surface area (Å²) < 4.78 is 0. The summed E-state index contributed by atoms with van der Waals surface area (Å²) >= 11 is 0. The number of Topliss-reactive ketones (excluding diaryl/α,β-unsaturated/α-hetero) is 1. The van der Waals surface area contributed by atoms with Gasteiger partial charge in [-0.25, -0.2) is 0 Å². The lowest BCUT2D eigenvalue weighted by Gasteiger charge is -2.14. The van der Waals surface area contributed by atoms with E-state index in [0.717, 1.165) is 25.9 Å². The van der Waals surface area contributed by atoms with E-state index in [1.54, 1.807) is 0 Å². The highest BCUT2D eigenvalue weighted by molar-refractivity contribution is 5.91. The molecule has 4 nitrogen and oxygen atoms in total. The molecule has 1 saturated heterocycles. The summed E-state index contributed by atoms with van der Waals surface area (Å²) in [6.45, 7) is 2.57. The second-order valence-corrected chi connectivity index (χ2v) is 4.83. The first kappa shape index (κ1) is 12.2. The van der Waals surface area contributed by atoms with Crippen LogP contribution in [-0.2, 0) is 11.3 Å². The van der Waals surface area contributed by atoms with Crippen LogP contribution in [0.4, 0.5) is 0 Å². The topological polar surface area (TPSA) is 72.3 Å². The average Bonchev–Trinajstić information content (AvgIpc) is 3.07. The van der Waals surface area contributed by atoms with E-state index in [2.05, 4.69) is 40.9 Å². The molecule has 0 aromatic heterocycles. The number of ketones is 1. The van der Waals surface area contributed by atoms with Crippen molar-refractivity contribution in [1.29, 1.82) is 0 Å². The molecular weight excluding hydrogens is 214 g/mol. The van der Waals surface area contributed by atoms with Crippen molar-refractivity contribution in [3.63, 3.8) is 0 Å². The lowest BCUT2D eigenvalue weighted by Crippen LogP contribution is -2.20. The van der Waals surface area contributed by atoms with Crippen LogP contribution in [0.2, 0.25) is 0 Å². The predicted octanol–water partition coefficient (Wildman–Crippen LogP) is 0.670. The summed E-state index contributed by atoms with van der Waals surface area (Å²) in [7, 11) is 0. The number of hydrazine groups is 1. The van der Waals surface area contributed by atoms with E-state index in [0.29, 0.717) is 12.3 Å². The number of rotatable bonds is 2. The summed E-state index contributed by atoms with van der Waals surface area (Å²) in [6, 6.07) is 10.4. The Hall–Kier alpha value is -1.23. The zero-order chi connectivity index (χ0) is 12.3. The molecule has 2 fully saturated rings. The third-order valence-electron chi connectivity index (χ3n) is 3.59. The van der Waals surface area contributed by atoms with Gasteiger partial charge in [0.05, 0.1) is 6.54 Å². The summed E-state index contributed by atoms with van der Waals surface area (Å²) in [5, 5.41) is 0. The minimum absolute atomic E-state index is 0.0920. The Morgan fingerprint density at radius 1 is 1.18 bits per heavy atom. The highest BCUT2D eigenvalue weighted by Crippen LogP contribution is 2.50. The van der Waals surface area contributed by atoms with E-state index in [4.69, 9.17) is 0 Å². The maximum atomic E-state index is 11.7. The number of benzene rings is 1. The molecular formula is C13H19N3O. The summed E-state index contributed by atoms with van der Waals surface area (Å²) in [5.74, 6) is 8.47. The Labute approximate surface area is 102 Å². The average molecular weight is 233 g/mol. The molecule has 0 radical (unpaired) electrons. The van der Waals surface area contributed by atoms with Crippen LogP contribution in [0.15, 0.2) is 30.3 Å². The number of nitrogens with two attached hydrogens (primary N) is 2. The number of carbonyl (C=O) groups is 1. The largest absolute Gasteiger partial charge is 0.298 e. The van der Waals surface area contributed by atoms with Crippen molar-refractivity contribution in [2.75, 3.05) is 13.1 Å². The van der Waals surface area contributed by atoms with Crippen molar-refractivity contribution in [1.82, 2.24) is 4.90 Å². The van der Waals surface area contributed by atoms with Gasteiger partial charge in [0.15, 0.2) is 5.78 Å². The van der Waals surface area contributed by atoms with Crippen LogP contribution < -0.4 is 11.7 Å². The molecule has 0 bridgehead atoms. The Bertz CT molecular complexity index is 387. The van der Waals surface area contributed by atoms with Gasteiger partial charge in [-0.3, -0.25) is 21.4 Å². The van der Waals surface area contributed by atoms with Gasteiger partial charge in [0.1, 0.15) is 0 Å². The molecule has 1 aliphatic heterocycles. The molecule has 92 valence electrons. The molecule has 3 rings (SSSR count). The van der Waals surface area contributed by atoms with Crippen LogP contribution in [0.1, 0.15) is 18.4 Å². The van der Waals surface area contributed by atoms with Gasteiger partial charge >= 0.3 is 0 Å². The van der Waals surface area contributed by atoms with Gasteiger partial charge < -0.3 is 0 Å². The molecule has 4 N–H and O–H groups in total. The molecule has 0 atom stereocenters. The minimum Gasteiger partial charge on any atom is -0.298 e. The fraction of sp³-hybridized carbons (Fsp3) is 0.462. The van der Waals surface area contributed by atoms with Crippen LogP contribution in [0.3, 0.4) is 0 Å². The molecule has 1 heterocycles. The normalized spacial score (nSPS) is 21.2. The quantitative estimate of drug-likeness (QED) is 0.582. The number of likely N-dealkylation sites (tertiary alicyclic amines) is 1. The molecule has 17 heavy (non-hydrogen) atoms. The number of hydrogen-bond donors (Lipinski definition) is 2. The third-order valence-corrected chi connectivity index (χ3v) is 3.59. The fourth-order valence-electron chi connectivity index (χ4n) is 2.48. The Kier molecular flexibility index (Phi) is 3.57. The van der Waals surface area contributed by atoms with E-state index < -0.39 is 0 Å². The van der Waals surface area contributed by atoms with Crippen molar-refractivity contribution in [3.8, 4) is 0 Å². The molecule has 0 unspecified atom stereocenters. The van der Waals surface area contributed by atoms with Gasteiger partial charge in [-0.15, -0.1) is 0 Å². The molecule has 1 aromatic rings. The van der Waals surface area contributed by atoms with Gasteiger partial charge in [-0.1, -0.05) is 30.3 Å². The lowest BCUT2D eigenvalue weighted by atomic mass is 10.1. The van der Waals surface area contributed by atoms with E-state index in [9.17, 15) is 4.79 Å². The number of nitrogens with zero attached hydrogens (tertiary/aromatic N) is 1. The smallest absolute Gasteiger partial charge is 0.154 e. The fourth-order valence-corrected chi connectivity index (χ4v) is 2.48. The highest BCUT2D eigenvalue weighted by atomic mass is 16.1. The number of carbonyl (C=O) groups excluding carboxylic acids is 1. The molecule has 1 aliphatic carbocycles. The SMILES string of the molecule is NN.O=C1CN(Cc2ccccc2)CC12CC2. The van der Waals surface area contributed by atoms with E-state index in [-0.39, 0.29) is 5.41 Å². The second kappa shape index (κ2) is 4.96. The number of hydrogen-bond acceptors (Lipinski definition) is 4. The molecule has 4 heteroatoms. The third kappa shape index (κ3) is 2.54. The molecule has 0 amide bonds. The van der Waals surface area contributed by atoms with E-state index >= 15 is 0 Å². The maximum absolute atomic E-state index is 11.7. The van der Waals surface area contributed by atoms with Crippen LogP contribution in [0, 0.1) is 5.41 Å². The van der Waals surface area contributed by atoms with Gasteiger partial charge in [-0.05, 0) is 18.4 Å². The monoisotopic (exact) mass is 233 g/mol. The van der Waals surface area contributed by atoms with Crippen LogP contribution >= 0.6 is 0 Å². The maximum Gasteiger partial charge on any atom is 0.154 e. The van der Waals surface area contributed by atoms with Crippen LogP contribution in [0.25, 0.3) is 0 Å². The first-order chi connectivity index (χ1) is 8.28. The van der Waals surface area contributed by atoms with Gasteiger partial charge in [0.25, 0.3) is 0 Å². The van der Waals surface area contributed by atoms with Gasteiger partial charge in [-0.2, -0.15) is 0 Å². The first-order valence-electron chi connectivity index (χ1n) is 5.91.